The first-order chi connectivity index (χ1) is 2.83. The van der Waals surface area contributed by atoms with Crippen LogP contribution in [0.1, 0.15) is 27.7 Å². The third-order valence-electron chi connectivity index (χ3n) is 0. The van der Waals surface area contributed by atoms with Crippen molar-refractivity contribution >= 4 is 0 Å². The van der Waals surface area contributed by atoms with Crippen molar-refractivity contribution in [2.45, 2.75) is 27.7 Å². The van der Waals surface area contributed by atoms with Gasteiger partial charge < -0.3 is 12.8 Å². The van der Waals surface area contributed by atoms with Crippen molar-refractivity contribution in [1.82, 2.24) is 0 Å². The van der Waals surface area contributed by atoms with Gasteiger partial charge in [0.1, 0.15) is 0 Å². The van der Waals surface area contributed by atoms with E-state index in [9.17, 15) is 0 Å². The van der Waals surface area contributed by atoms with E-state index in [4.69, 9.17) is 0 Å². The molecule has 0 aromatic rings. The Bertz CT molecular complexity index is 15.7. The molecule has 10 heavy (non-hydrogen) atoms. The van der Waals surface area contributed by atoms with Crippen LogP contribution in [0.2, 0.25) is 0 Å². The fraction of sp³-hybridized carbons (Fsp3) is 0.667. The zero-order chi connectivity index (χ0) is 5.41. The first-order valence-corrected chi connectivity index (χ1v) is 2.31. The Balaban J connectivity index is -0.00000000571. The third-order valence-corrected chi connectivity index (χ3v) is 0. The molecule has 0 aliphatic heterocycles. The molecule has 0 aromatic heterocycles. The summed E-state index contributed by atoms with van der Waals surface area (Å²) in [5.74, 6) is 0. The normalized spacial score (nSPS) is 3.60. The van der Waals surface area contributed by atoms with E-state index in [-0.39, 0.29) is 108 Å². The Morgan fingerprint density at radius 3 is 0.600 bits per heavy atom. The van der Waals surface area contributed by atoms with Gasteiger partial charge in [0.05, 0.1) is 0 Å². The smallest absolute Gasteiger partial charge is 0 e. The number of hydrogen-bond acceptors (Lipinski definition) is 0. The molecule has 0 nitrogen and oxygen atoms in total. The summed E-state index contributed by atoms with van der Waals surface area (Å²) in [7, 11) is 0. The van der Waals surface area contributed by atoms with Crippen molar-refractivity contribution in [3.8, 4) is 0 Å². The van der Waals surface area contributed by atoms with E-state index in [0.717, 1.165) is 0 Å². The molecule has 2 radical (unpaired) electrons. The standard InChI is InChI=1S/2C3H7.2W.2Y/c2*1-3-2;;;;/h2*3H,1-2H3;;;;/q2*-1;;;;. The van der Waals surface area contributed by atoms with E-state index in [2.05, 4.69) is 0 Å². The van der Waals surface area contributed by atoms with Crippen LogP contribution in [0.3, 0.4) is 0 Å². The summed E-state index contributed by atoms with van der Waals surface area (Å²) in [6, 6.07) is 0. The predicted octanol–water partition coefficient (Wildman–Crippen LogP) is 2.45. The van der Waals surface area contributed by atoms with Gasteiger partial charge in [0, 0.05) is 108 Å². The van der Waals surface area contributed by atoms with Crippen LogP contribution in [-0.2, 0) is 108 Å². The van der Waals surface area contributed by atoms with Crippen molar-refractivity contribution in [3.05, 3.63) is 12.8 Å². The summed E-state index contributed by atoms with van der Waals surface area (Å²) in [6.07, 6.45) is 4.00. The monoisotopic (exact) mass is 632 g/mol. The fourth-order valence-electron chi connectivity index (χ4n) is 0. The molecule has 0 N–H and O–H groups in total. The van der Waals surface area contributed by atoms with E-state index in [1.807, 2.05) is 40.5 Å². The van der Waals surface area contributed by atoms with Gasteiger partial charge in [-0.2, -0.15) is 27.7 Å². The molecule has 0 spiro atoms. The van der Waals surface area contributed by atoms with Crippen LogP contribution >= 0.6 is 0 Å². The molecular formula is C6H14W2Y2-2. The Hall–Kier alpha value is 3.58. The van der Waals surface area contributed by atoms with E-state index < -0.39 is 0 Å². The second kappa shape index (κ2) is 54.2. The van der Waals surface area contributed by atoms with Gasteiger partial charge in [0.2, 0.25) is 0 Å². The van der Waals surface area contributed by atoms with Crippen molar-refractivity contribution in [3.63, 3.8) is 0 Å². The molecule has 0 fully saturated rings. The number of rotatable bonds is 0. The van der Waals surface area contributed by atoms with Crippen LogP contribution in [-0.4, -0.2) is 0 Å². The Morgan fingerprint density at radius 1 is 0.600 bits per heavy atom. The molecule has 0 aliphatic carbocycles. The molecular weight excluding hydrogens is 618 g/mol. The minimum absolute atomic E-state index is 0. The average Bonchev–Trinajstić information content (AvgIpc) is 1.39. The van der Waals surface area contributed by atoms with Gasteiger partial charge in [-0.15, -0.1) is 0 Å². The Labute approximate surface area is 145 Å². The van der Waals surface area contributed by atoms with Crippen LogP contribution in [0, 0.1) is 12.8 Å². The molecule has 0 unspecified atom stereocenters. The van der Waals surface area contributed by atoms with Crippen molar-refractivity contribution < 1.29 is 108 Å². The maximum absolute atomic E-state index is 2.00. The van der Waals surface area contributed by atoms with Crippen LogP contribution in [0.4, 0.5) is 0 Å². The maximum atomic E-state index is 2.00. The van der Waals surface area contributed by atoms with Gasteiger partial charge in [-0.25, -0.2) is 0 Å². The summed E-state index contributed by atoms with van der Waals surface area (Å²) in [4.78, 5) is 0. The summed E-state index contributed by atoms with van der Waals surface area (Å²) in [5, 5.41) is 0. The molecule has 0 saturated carbocycles. The minimum atomic E-state index is 0. The zero-order valence-corrected chi connectivity index (χ0v) is 18.7. The quantitative estimate of drug-likeness (QED) is 0.361. The van der Waals surface area contributed by atoms with Gasteiger partial charge in [-0.1, -0.05) is 0 Å². The van der Waals surface area contributed by atoms with Gasteiger partial charge in [0.15, 0.2) is 0 Å². The topological polar surface area (TPSA) is 0 Å². The van der Waals surface area contributed by atoms with E-state index in [1.165, 1.54) is 0 Å². The second-order valence-electron chi connectivity index (χ2n) is 1.15. The van der Waals surface area contributed by atoms with Crippen LogP contribution in [0.25, 0.3) is 0 Å². The van der Waals surface area contributed by atoms with Crippen LogP contribution < -0.4 is 0 Å². The summed E-state index contributed by atoms with van der Waals surface area (Å²) in [6.45, 7) is 8.00. The van der Waals surface area contributed by atoms with Crippen LogP contribution in [0.15, 0.2) is 0 Å². The van der Waals surface area contributed by atoms with Crippen molar-refractivity contribution in [1.29, 1.82) is 0 Å². The van der Waals surface area contributed by atoms with E-state index in [1.54, 1.807) is 0 Å². The second-order valence-corrected chi connectivity index (χ2v) is 1.15. The zero-order valence-electron chi connectivity index (χ0n) is 7.13. The van der Waals surface area contributed by atoms with Gasteiger partial charge in [-0.3, -0.25) is 0 Å². The predicted molar refractivity (Wildman–Crippen MR) is 31.3 cm³/mol. The minimum Gasteiger partial charge on any atom is -0.335 e. The summed E-state index contributed by atoms with van der Waals surface area (Å²) in [5.41, 5.74) is 0. The third kappa shape index (κ3) is 101. The van der Waals surface area contributed by atoms with E-state index in [0.29, 0.717) is 0 Å². The van der Waals surface area contributed by atoms with Crippen LogP contribution in [0.5, 0.6) is 0 Å². The molecule has 4 heteroatoms. The largest absolute Gasteiger partial charge is 0.335 e. The maximum Gasteiger partial charge on any atom is 0 e. The molecule has 0 atom stereocenters. The molecule has 0 aliphatic rings. The molecule has 0 bridgehead atoms. The molecule has 0 aromatic carbocycles. The molecule has 58 valence electrons. The average molecular weight is 632 g/mol. The molecule has 0 saturated heterocycles. The number of hydrogen-bond donors (Lipinski definition) is 0. The Kier molecular flexibility index (Phi) is 203. The van der Waals surface area contributed by atoms with Crippen molar-refractivity contribution in [2.24, 2.45) is 0 Å². The molecule has 0 heterocycles. The van der Waals surface area contributed by atoms with Gasteiger partial charge in [-0.05, 0) is 0 Å². The first-order valence-electron chi connectivity index (χ1n) is 2.31. The van der Waals surface area contributed by atoms with Gasteiger partial charge >= 0.3 is 0 Å². The molecule has 0 rings (SSSR count). The SMILES string of the molecule is C[CH-]C.C[CH-]C.[W].[W].[Y].[Y]. The Morgan fingerprint density at radius 2 is 0.600 bits per heavy atom. The fourth-order valence-corrected chi connectivity index (χ4v) is 0. The van der Waals surface area contributed by atoms with Crippen molar-refractivity contribution in [2.75, 3.05) is 0 Å². The summed E-state index contributed by atoms with van der Waals surface area (Å²) >= 11 is 0. The van der Waals surface area contributed by atoms with Gasteiger partial charge in [0.25, 0.3) is 0 Å². The first kappa shape index (κ1) is 37.4. The summed E-state index contributed by atoms with van der Waals surface area (Å²) < 4.78 is 0. The molecule has 0 amide bonds. The van der Waals surface area contributed by atoms with E-state index >= 15 is 0 Å².